The van der Waals surface area contributed by atoms with Crippen LogP contribution in [0.3, 0.4) is 0 Å². The van der Waals surface area contributed by atoms with Crippen molar-refractivity contribution in [1.82, 2.24) is 9.55 Å². The number of imidazole rings is 1. The SMILES string of the molecule is COc1cc2c(cc1F)nc(N)n2C1CCC1. The van der Waals surface area contributed by atoms with Crippen molar-refractivity contribution < 1.29 is 9.13 Å². The lowest BCUT2D eigenvalue weighted by molar-refractivity contribution is 0.323. The molecule has 2 aromatic rings. The molecule has 2 N–H and O–H groups in total. The van der Waals surface area contributed by atoms with E-state index in [0.29, 0.717) is 17.5 Å². The van der Waals surface area contributed by atoms with Gasteiger partial charge in [0.2, 0.25) is 5.95 Å². The fraction of sp³-hybridized carbons (Fsp3) is 0.417. The molecule has 0 amide bonds. The first-order chi connectivity index (χ1) is 8.20. The fourth-order valence-corrected chi connectivity index (χ4v) is 2.30. The van der Waals surface area contributed by atoms with E-state index in [4.69, 9.17) is 10.5 Å². The molecule has 1 aliphatic carbocycles. The minimum absolute atomic E-state index is 0.234. The summed E-state index contributed by atoms with van der Waals surface area (Å²) in [6, 6.07) is 3.45. The highest BCUT2D eigenvalue weighted by Crippen LogP contribution is 2.37. The molecule has 4 nitrogen and oxygen atoms in total. The Labute approximate surface area is 98.2 Å². The molecule has 0 radical (unpaired) electrons. The average Bonchev–Trinajstić information content (AvgIpc) is 2.52. The number of anilines is 1. The lowest BCUT2D eigenvalue weighted by Crippen LogP contribution is -2.18. The monoisotopic (exact) mass is 235 g/mol. The zero-order valence-corrected chi connectivity index (χ0v) is 9.61. The lowest BCUT2D eigenvalue weighted by Gasteiger charge is -2.28. The van der Waals surface area contributed by atoms with E-state index in [1.807, 2.05) is 4.57 Å². The molecule has 0 aliphatic heterocycles. The maximum atomic E-state index is 13.5. The molecule has 0 spiro atoms. The summed E-state index contributed by atoms with van der Waals surface area (Å²) in [4.78, 5) is 4.20. The van der Waals surface area contributed by atoms with Crippen molar-refractivity contribution in [3.05, 3.63) is 17.9 Å². The number of rotatable bonds is 2. The second kappa shape index (κ2) is 3.61. The Morgan fingerprint density at radius 3 is 2.82 bits per heavy atom. The second-order valence-corrected chi connectivity index (χ2v) is 4.40. The first-order valence-corrected chi connectivity index (χ1v) is 5.71. The Kier molecular flexibility index (Phi) is 2.21. The van der Waals surface area contributed by atoms with Gasteiger partial charge in [-0.25, -0.2) is 9.37 Å². The third-order valence-corrected chi connectivity index (χ3v) is 3.43. The zero-order chi connectivity index (χ0) is 12.0. The number of hydrogen-bond acceptors (Lipinski definition) is 3. The highest BCUT2D eigenvalue weighted by atomic mass is 19.1. The van der Waals surface area contributed by atoms with Crippen LogP contribution in [0.25, 0.3) is 11.0 Å². The summed E-state index contributed by atoms with van der Waals surface area (Å²) in [5.41, 5.74) is 7.34. The predicted octanol–water partition coefficient (Wildman–Crippen LogP) is 2.49. The molecular weight excluding hydrogens is 221 g/mol. The van der Waals surface area contributed by atoms with Gasteiger partial charge in [-0.15, -0.1) is 0 Å². The van der Waals surface area contributed by atoms with E-state index in [-0.39, 0.29) is 5.75 Å². The van der Waals surface area contributed by atoms with E-state index in [1.54, 1.807) is 6.07 Å². The van der Waals surface area contributed by atoms with Gasteiger partial charge < -0.3 is 15.0 Å². The molecule has 1 aromatic heterocycles. The first kappa shape index (κ1) is 10.4. The number of aromatic nitrogens is 2. The molecule has 1 heterocycles. The summed E-state index contributed by atoms with van der Waals surface area (Å²) in [7, 11) is 1.46. The van der Waals surface area contributed by atoms with Gasteiger partial charge in [0, 0.05) is 18.2 Å². The van der Waals surface area contributed by atoms with Crippen LogP contribution in [0.4, 0.5) is 10.3 Å². The minimum atomic E-state index is -0.404. The Morgan fingerprint density at radius 1 is 1.47 bits per heavy atom. The van der Waals surface area contributed by atoms with Gasteiger partial charge in [-0.05, 0) is 19.3 Å². The molecule has 0 saturated heterocycles. The van der Waals surface area contributed by atoms with Crippen molar-refractivity contribution in [3.63, 3.8) is 0 Å². The van der Waals surface area contributed by atoms with Gasteiger partial charge in [0.1, 0.15) is 0 Å². The van der Waals surface area contributed by atoms with Crippen molar-refractivity contribution in [2.45, 2.75) is 25.3 Å². The maximum absolute atomic E-state index is 13.5. The third kappa shape index (κ3) is 1.45. The van der Waals surface area contributed by atoms with E-state index >= 15 is 0 Å². The highest BCUT2D eigenvalue weighted by Gasteiger charge is 2.24. The molecule has 3 rings (SSSR count). The van der Waals surface area contributed by atoms with Crippen LogP contribution >= 0.6 is 0 Å². The lowest BCUT2D eigenvalue weighted by atomic mass is 9.93. The average molecular weight is 235 g/mol. The summed E-state index contributed by atoms with van der Waals surface area (Å²) in [6.45, 7) is 0. The van der Waals surface area contributed by atoms with Gasteiger partial charge in [0.25, 0.3) is 0 Å². The van der Waals surface area contributed by atoms with E-state index in [2.05, 4.69) is 4.98 Å². The molecule has 90 valence electrons. The number of ether oxygens (including phenoxy) is 1. The predicted molar refractivity (Wildman–Crippen MR) is 63.5 cm³/mol. The molecule has 0 atom stereocenters. The number of methoxy groups -OCH3 is 1. The molecular formula is C12H14FN3O. The zero-order valence-electron chi connectivity index (χ0n) is 9.61. The standard InChI is InChI=1S/C12H14FN3O/c1-17-11-6-10-9(5-8(11)13)15-12(14)16(10)7-3-2-4-7/h5-7H,2-4H2,1H3,(H2,14,15). The number of halogens is 1. The number of nitrogens with zero attached hydrogens (tertiary/aromatic N) is 2. The van der Waals surface area contributed by atoms with Crippen LogP contribution in [-0.4, -0.2) is 16.7 Å². The third-order valence-electron chi connectivity index (χ3n) is 3.43. The molecule has 1 fully saturated rings. The van der Waals surface area contributed by atoms with E-state index < -0.39 is 5.82 Å². The smallest absolute Gasteiger partial charge is 0.201 e. The Hall–Kier alpha value is -1.78. The van der Waals surface area contributed by atoms with Crippen LogP contribution < -0.4 is 10.5 Å². The largest absolute Gasteiger partial charge is 0.494 e. The summed E-state index contributed by atoms with van der Waals surface area (Å²) in [6.07, 6.45) is 3.42. The molecule has 1 saturated carbocycles. The molecule has 0 bridgehead atoms. The van der Waals surface area contributed by atoms with Crippen LogP contribution in [0.2, 0.25) is 0 Å². The van der Waals surface area contributed by atoms with Crippen LogP contribution in [0.15, 0.2) is 12.1 Å². The fourth-order valence-electron chi connectivity index (χ4n) is 2.30. The Bertz CT molecular complexity index is 575. The normalized spacial score (nSPS) is 16.1. The summed E-state index contributed by atoms with van der Waals surface area (Å²) < 4.78 is 20.5. The van der Waals surface area contributed by atoms with Gasteiger partial charge in [0.15, 0.2) is 11.6 Å². The van der Waals surface area contributed by atoms with E-state index in [9.17, 15) is 4.39 Å². The quantitative estimate of drug-likeness (QED) is 0.870. The van der Waals surface area contributed by atoms with Crippen molar-refractivity contribution >= 4 is 17.0 Å². The van der Waals surface area contributed by atoms with Crippen LogP contribution in [0.5, 0.6) is 5.75 Å². The van der Waals surface area contributed by atoms with Gasteiger partial charge in [-0.1, -0.05) is 0 Å². The van der Waals surface area contributed by atoms with Gasteiger partial charge in [0.05, 0.1) is 18.1 Å². The van der Waals surface area contributed by atoms with Gasteiger partial charge >= 0.3 is 0 Å². The number of nitrogens with two attached hydrogens (primary N) is 1. The number of hydrogen-bond donors (Lipinski definition) is 1. The van der Waals surface area contributed by atoms with Crippen LogP contribution in [0, 0.1) is 5.82 Å². The molecule has 1 aliphatic rings. The summed E-state index contributed by atoms with van der Waals surface area (Å²) in [5, 5.41) is 0. The van der Waals surface area contributed by atoms with Crippen molar-refractivity contribution in [3.8, 4) is 5.75 Å². The Balaban J connectivity index is 2.23. The molecule has 17 heavy (non-hydrogen) atoms. The summed E-state index contributed by atoms with van der Waals surface area (Å²) >= 11 is 0. The minimum Gasteiger partial charge on any atom is -0.494 e. The summed E-state index contributed by atoms with van der Waals surface area (Å²) in [5.74, 6) is 0.286. The Morgan fingerprint density at radius 2 is 2.24 bits per heavy atom. The van der Waals surface area contributed by atoms with Crippen LogP contribution in [0.1, 0.15) is 25.3 Å². The highest BCUT2D eigenvalue weighted by molar-refractivity contribution is 5.80. The number of fused-ring (bicyclic) bond motifs is 1. The molecule has 0 unspecified atom stereocenters. The topological polar surface area (TPSA) is 53.1 Å². The van der Waals surface area contributed by atoms with Gasteiger partial charge in [-0.2, -0.15) is 0 Å². The maximum Gasteiger partial charge on any atom is 0.201 e. The number of nitrogen functional groups attached to an aromatic ring is 1. The van der Waals surface area contributed by atoms with Crippen molar-refractivity contribution in [2.24, 2.45) is 0 Å². The van der Waals surface area contributed by atoms with Crippen molar-refractivity contribution in [2.75, 3.05) is 12.8 Å². The van der Waals surface area contributed by atoms with Gasteiger partial charge in [-0.3, -0.25) is 0 Å². The molecule has 5 heteroatoms. The van der Waals surface area contributed by atoms with E-state index in [1.165, 1.54) is 19.6 Å². The van der Waals surface area contributed by atoms with Crippen LogP contribution in [-0.2, 0) is 0 Å². The van der Waals surface area contributed by atoms with E-state index in [0.717, 1.165) is 18.4 Å². The molecule has 1 aromatic carbocycles. The van der Waals surface area contributed by atoms with Crippen molar-refractivity contribution in [1.29, 1.82) is 0 Å². The number of benzene rings is 1. The second-order valence-electron chi connectivity index (χ2n) is 4.40. The first-order valence-electron chi connectivity index (χ1n) is 5.71.